The number of benzene rings is 1. The van der Waals surface area contributed by atoms with E-state index in [2.05, 4.69) is 30.4 Å². The summed E-state index contributed by atoms with van der Waals surface area (Å²) in [6, 6.07) is 13.5. The maximum atomic E-state index is 12.6. The van der Waals surface area contributed by atoms with Gasteiger partial charge in [0.25, 0.3) is 5.91 Å². The van der Waals surface area contributed by atoms with Crippen LogP contribution < -0.4 is 15.5 Å². The van der Waals surface area contributed by atoms with E-state index in [4.69, 9.17) is 0 Å². The maximum absolute atomic E-state index is 12.6. The Morgan fingerprint density at radius 2 is 1.84 bits per heavy atom. The lowest BCUT2D eigenvalue weighted by Crippen LogP contribution is -2.52. The number of aliphatic imine (C=N–C) groups is 1. The van der Waals surface area contributed by atoms with Crippen molar-refractivity contribution in [1.29, 1.82) is 0 Å². The Kier molecular flexibility index (Phi) is 6.84. The van der Waals surface area contributed by atoms with E-state index in [1.165, 1.54) is 0 Å². The highest BCUT2D eigenvalue weighted by Crippen LogP contribution is 2.13. The second-order valence-corrected chi connectivity index (χ2v) is 7.84. The number of hydrogen-bond donors (Lipinski definition) is 2. The molecule has 9 heteroatoms. The minimum atomic E-state index is -0.113. The Balaban J connectivity index is 1.28. The number of nitrogens with zero attached hydrogens (tertiary/aromatic N) is 5. The van der Waals surface area contributed by atoms with Crippen molar-refractivity contribution in [2.24, 2.45) is 4.99 Å². The van der Waals surface area contributed by atoms with Crippen molar-refractivity contribution in [1.82, 2.24) is 25.4 Å². The first-order chi connectivity index (χ1) is 15.6. The zero-order valence-corrected chi connectivity index (χ0v) is 18.3. The van der Waals surface area contributed by atoms with Gasteiger partial charge in [-0.25, -0.2) is 4.98 Å². The number of carbonyl (C=O) groups excluding carboxylic acids is 2. The molecule has 2 aromatic rings. The molecule has 1 aromatic heterocycles. The van der Waals surface area contributed by atoms with Crippen LogP contribution in [-0.2, 0) is 11.3 Å². The number of anilines is 1. The Labute approximate surface area is 188 Å². The molecule has 0 atom stereocenters. The zero-order chi connectivity index (χ0) is 22.3. The third-order valence-corrected chi connectivity index (χ3v) is 5.74. The predicted molar refractivity (Wildman–Crippen MR) is 124 cm³/mol. The maximum Gasteiger partial charge on any atom is 0.254 e. The van der Waals surface area contributed by atoms with Crippen molar-refractivity contribution < 1.29 is 9.59 Å². The van der Waals surface area contributed by atoms with E-state index in [9.17, 15) is 9.59 Å². The number of amides is 2. The van der Waals surface area contributed by atoms with Crippen LogP contribution in [0.25, 0.3) is 0 Å². The van der Waals surface area contributed by atoms with Gasteiger partial charge in [-0.05, 0) is 29.8 Å². The van der Waals surface area contributed by atoms with E-state index in [1.807, 2.05) is 48.7 Å². The molecule has 168 valence electrons. The Bertz CT molecular complexity index is 954. The van der Waals surface area contributed by atoms with E-state index in [0.717, 1.165) is 43.5 Å². The lowest BCUT2D eigenvalue weighted by Gasteiger charge is -2.37. The van der Waals surface area contributed by atoms with Gasteiger partial charge in [-0.1, -0.05) is 18.2 Å². The van der Waals surface area contributed by atoms with Gasteiger partial charge in [0, 0.05) is 64.6 Å². The second kappa shape index (κ2) is 10.1. The van der Waals surface area contributed by atoms with E-state index >= 15 is 0 Å². The van der Waals surface area contributed by atoms with Crippen LogP contribution in [0.1, 0.15) is 15.9 Å². The van der Waals surface area contributed by atoms with Crippen LogP contribution in [0.3, 0.4) is 0 Å². The summed E-state index contributed by atoms with van der Waals surface area (Å²) in [6.45, 7) is 5.30. The minimum Gasteiger partial charge on any atom is -0.353 e. The summed E-state index contributed by atoms with van der Waals surface area (Å²) in [5, 5.41) is 6.16. The Hall–Kier alpha value is -3.62. The number of rotatable bonds is 4. The number of aromatic nitrogens is 1. The third kappa shape index (κ3) is 5.16. The molecule has 0 bridgehead atoms. The lowest BCUT2D eigenvalue weighted by atomic mass is 10.1. The molecule has 2 amide bonds. The van der Waals surface area contributed by atoms with Crippen molar-refractivity contribution in [2.75, 3.05) is 57.8 Å². The Morgan fingerprint density at radius 3 is 2.50 bits per heavy atom. The topological polar surface area (TPSA) is 93.2 Å². The molecule has 2 aliphatic rings. The fourth-order valence-electron chi connectivity index (χ4n) is 3.96. The van der Waals surface area contributed by atoms with Gasteiger partial charge >= 0.3 is 0 Å². The molecule has 0 saturated carbocycles. The summed E-state index contributed by atoms with van der Waals surface area (Å²) in [5.74, 6) is 1.65. The second-order valence-electron chi connectivity index (χ2n) is 7.84. The van der Waals surface area contributed by atoms with Crippen LogP contribution in [0.5, 0.6) is 0 Å². The molecule has 1 aromatic carbocycles. The molecular weight excluding hydrogens is 406 g/mol. The number of hydrogen-bond acceptors (Lipinski definition) is 5. The summed E-state index contributed by atoms with van der Waals surface area (Å²) >= 11 is 0. The number of guanidine groups is 1. The highest BCUT2D eigenvalue weighted by atomic mass is 16.2. The van der Waals surface area contributed by atoms with Gasteiger partial charge in [0.05, 0.1) is 6.54 Å². The van der Waals surface area contributed by atoms with Crippen molar-refractivity contribution >= 4 is 23.6 Å². The van der Waals surface area contributed by atoms with Crippen LogP contribution in [0.2, 0.25) is 0 Å². The molecule has 9 nitrogen and oxygen atoms in total. The van der Waals surface area contributed by atoms with Gasteiger partial charge in [-0.3, -0.25) is 14.6 Å². The highest BCUT2D eigenvalue weighted by Gasteiger charge is 2.22. The van der Waals surface area contributed by atoms with E-state index in [0.29, 0.717) is 25.2 Å². The molecule has 2 aliphatic heterocycles. The molecule has 2 N–H and O–H groups in total. The first-order valence-corrected chi connectivity index (χ1v) is 10.9. The van der Waals surface area contributed by atoms with Crippen LogP contribution in [0.15, 0.2) is 53.7 Å². The number of pyridine rings is 1. The van der Waals surface area contributed by atoms with Gasteiger partial charge in [-0.15, -0.1) is 0 Å². The third-order valence-electron chi connectivity index (χ3n) is 5.74. The van der Waals surface area contributed by atoms with Crippen LogP contribution >= 0.6 is 0 Å². The van der Waals surface area contributed by atoms with Gasteiger partial charge in [-0.2, -0.15) is 0 Å². The van der Waals surface area contributed by atoms with Crippen molar-refractivity contribution in [3.8, 4) is 0 Å². The molecule has 32 heavy (non-hydrogen) atoms. The fourth-order valence-corrected chi connectivity index (χ4v) is 3.96. The van der Waals surface area contributed by atoms with Crippen LogP contribution in [-0.4, -0.2) is 85.4 Å². The van der Waals surface area contributed by atoms with Gasteiger partial charge < -0.3 is 25.3 Å². The Morgan fingerprint density at radius 1 is 1.06 bits per heavy atom. The molecular formula is C23H29N7O2. The number of piperazine rings is 2. The van der Waals surface area contributed by atoms with Crippen molar-refractivity contribution in [2.45, 2.75) is 6.54 Å². The number of carbonyl (C=O) groups is 2. The predicted octanol–water partition coefficient (Wildman–Crippen LogP) is 0.551. The van der Waals surface area contributed by atoms with Gasteiger partial charge in [0.1, 0.15) is 5.82 Å². The number of nitrogens with one attached hydrogen (secondary N) is 2. The standard InChI is InChI=1S/C23H29N7O2/c1-24-23(29-14-12-28(13-15-29)20-4-2-3-9-25-20)27-16-18-5-7-19(8-6-18)22(32)30-11-10-26-21(31)17-30/h2-9H,10-17H2,1H3,(H,24,27)(H,26,31). The molecule has 0 aliphatic carbocycles. The normalized spacial score (nSPS) is 17.2. The minimum absolute atomic E-state index is 0.110. The molecule has 0 unspecified atom stereocenters. The lowest BCUT2D eigenvalue weighted by molar-refractivity contribution is -0.123. The zero-order valence-electron chi connectivity index (χ0n) is 18.3. The summed E-state index contributed by atoms with van der Waals surface area (Å²) < 4.78 is 0. The van der Waals surface area contributed by atoms with E-state index in [1.54, 1.807) is 11.9 Å². The molecule has 4 rings (SSSR count). The van der Waals surface area contributed by atoms with E-state index in [-0.39, 0.29) is 18.4 Å². The quantitative estimate of drug-likeness (QED) is 0.538. The fraction of sp³-hybridized carbons (Fsp3) is 0.391. The summed E-state index contributed by atoms with van der Waals surface area (Å²) in [5.41, 5.74) is 1.66. The molecule has 0 radical (unpaired) electrons. The molecule has 3 heterocycles. The van der Waals surface area contributed by atoms with E-state index < -0.39 is 0 Å². The van der Waals surface area contributed by atoms with Crippen molar-refractivity contribution in [3.63, 3.8) is 0 Å². The summed E-state index contributed by atoms with van der Waals surface area (Å²) in [6.07, 6.45) is 1.82. The SMILES string of the molecule is CN=C(NCc1ccc(C(=O)N2CCNC(=O)C2)cc1)N1CCN(c2ccccn2)CC1. The molecule has 2 saturated heterocycles. The highest BCUT2D eigenvalue weighted by molar-refractivity contribution is 5.97. The summed E-state index contributed by atoms with van der Waals surface area (Å²) in [7, 11) is 1.80. The van der Waals surface area contributed by atoms with Gasteiger partial charge in [0.2, 0.25) is 5.91 Å². The average Bonchev–Trinajstić information content (AvgIpc) is 2.85. The van der Waals surface area contributed by atoms with Gasteiger partial charge in [0.15, 0.2) is 5.96 Å². The molecule has 0 spiro atoms. The largest absolute Gasteiger partial charge is 0.353 e. The van der Waals surface area contributed by atoms with Crippen molar-refractivity contribution in [3.05, 3.63) is 59.8 Å². The smallest absolute Gasteiger partial charge is 0.254 e. The van der Waals surface area contributed by atoms with Crippen LogP contribution in [0.4, 0.5) is 5.82 Å². The first kappa shape index (κ1) is 21.6. The average molecular weight is 436 g/mol. The molecule has 2 fully saturated rings. The summed E-state index contributed by atoms with van der Waals surface area (Å²) in [4.78, 5) is 39.1. The first-order valence-electron chi connectivity index (χ1n) is 10.9. The van der Waals surface area contributed by atoms with Crippen LogP contribution in [0, 0.1) is 0 Å². The monoisotopic (exact) mass is 435 g/mol.